The second-order valence-electron chi connectivity index (χ2n) is 9.20. The number of hydrogen-bond acceptors (Lipinski definition) is 4. The number of carbonyl (C=O) groups is 2. The zero-order valence-corrected chi connectivity index (χ0v) is 20.7. The number of non-ortho nitro benzene ring substituents is 1. The van der Waals surface area contributed by atoms with Crippen LogP contribution in [0.15, 0.2) is 78.9 Å². The summed E-state index contributed by atoms with van der Waals surface area (Å²) in [4.78, 5) is 41.6. The largest absolute Gasteiger partial charge is 0.309 e. The van der Waals surface area contributed by atoms with Crippen LogP contribution in [0.4, 0.5) is 17.1 Å². The molecule has 1 heterocycles. The van der Waals surface area contributed by atoms with Gasteiger partial charge in [-0.3, -0.25) is 19.7 Å². The highest BCUT2D eigenvalue weighted by atomic mass is 16.6. The first-order chi connectivity index (χ1) is 17.4. The van der Waals surface area contributed by atoms with Crippen LogP contribution in [-0.2, 0) is 4.79 Å². The van der Waals surface area contributed by atoms with Crippen molar-refractivity contribution in [1.82, 2.24) is 0 Å². The number of benzene rings is 3. The Hall–Kier alpha value is -4.00. The van der Waals surface area contributed by atoms with Crippen molar-refractivity contribution in [2.75, 3.05) is 9.80 Å². The molecule has 3 aromatic carbocycles. The number of nitro benzene ring substituents is 1. The van der Waals surface area contributed by atoms with E-state index in [9.17, 15) is 19.7 Å². The summed E-state index contributed by atoms with van der Waals surface area (Å²) in [5.74, 6) is -0.224. The molecule has 2 atom stereocenters. The van der Waals surface area contributed by atoms with Crippen molar-refractivity contribution in [2.45, 2.75) is 58.0 Å². The number of rotatable bonds is 8. The lowest BCUT2D eigenvalue weighted by atomic mass is 9.89. The number of unbranched alkanes of at least 4 members (excludes halogenated alkanes) is 2. The van der Waals surface area contributed by atoms with E-state index in [0.717, 1.165) is 30.5 Å². The molecule has 2 amide bonds. The molecule has 7 heteroatoms. The summed E-state index contributed by atoms with van der Waals surface area (Å²) >= 11 is 0. The summed E-state index contributed by atoms with van der Waals surface area (Å²) in [6, 6.07) is 22.5. The van der Waals surface area contributed by atoms with E-state index in [0.29, 0.717) is 18.5 Å². The summed E-state index contributed by atoms with van der Waals surface area (Å²) in [7, 11) is 0. The van der Waals surface area contributed by atoms with Crippen molar-refractivity contribution in [3.05, 3.63) is 100 Å². The van der Waals surface area contributed by atoms with Gasteiger partial charge in [0.15, 0.2) is 0 Å². The predicted molar refractivity (Wildman–Crippen MR) is 141 cm³/mol. The Labute approximate surface area is 211 Å². The van der Waals surface area contributed by atoms with Crippen molar-refractivity contribution in [3.8, 4) is 0 Å². The molecule has 4 rings (SSSR count). The molecule has 1 aliphatic heterocycles. The molecular weight excluding hydrogens is 454 g/mol. The Morgan fingerprint density at radius 2 is 1.72 bits per heavy atom. The number of carbonyl (C=O) groups excluding carboxylic acids is 2. The Bertz CT molecular complexity index is 1240. The minimum Gasteiger partial charge on any atom is -0.309 e. The first-order valence-corrected chi connectivity index (χ1v) is 12.5. The van der Waals surface area contributed by atoms with Crippen molar-refractivity contribution < 1.29 is 14.5 Å². The number of amides is 2. The summed E-state index contributed by atoms with van der Waals surface area (Å²) in [6.45, 7) is 4.13. The second-order valence-corrected chi connectivity index (χ2v) is 9.20. The van der Waals surface area contributed by atoms with E-state index in [1.54, 1.807) is 11.0 Å². The first-order valence-electron chi connectivity index (χ1n) is 12.5. The third-order valence-electron chi connectivity index (χ3n) is 6.69. The van der Waals surface area contributed by atoms with E-state index in [1.807, 2.05) is 66.4 Å². The van der Waals surface area contributed by atoms with E-state index >= 15 is 0 Å². The van der Waals surface area contributed by atoms with Gasteiger partial charge < -0.3 is 9.80 Å². The monoisotopic (exact) mass is 485 g/mol. The smallest absolute Gasteiger partial charge is 0.270 e. The number of anilines is 2. The molecule has 36 heavy (non-hydrogen) atoms. The SMILES string of the molecule is CCCCCC(=O)N1c2ccccc2[C@H](N(C(=O)c2cccc([N+](=O)[O-])c2)c2ccccc2)C[C@@H]1C. The quantitative estimate of drug-likeness (QED) is 0.202. The molecule has 0 aliphatic carbocycles. The molecule has 0 N–H and O–H groups in total. The van der Waals surface area contributed by atoms with E-state index in [-0.39, 0.29) is 35.1 Å². The van der Waals surface area contributed by atoms with E-state index in [2.05, 4.69) is 6.92 Å². The molecule has 186 valence electrons. The lowest BCUT2D eigenvalue weighted by molar-refractivity contribution is -0.384. The van der Waals surface area contributed by atoms with Gasteiger partial charge in [-0.25, -0.2) is 0 Å². The van der Waals surface area contributed by atoms with Gasteiger partial charge in [0.05, 0.1) is 11.0 Å². The fraction of sp³-hybridized carbons (Fsp3) is 0.310. The molecule has 0 unspecified atom stereocenters. The highest BCUT2D eigenvalue weighted by Crippen LogP contribution is 2.43. The van der Waals surface area contributed by atoms with E-state index < -0.39 is 4.92 Å². The summed E-state index contributed by atoms with van der Waals surface area (Å²) in [5, 5.41) is 11.4. The van der Waals surface area contributed by atoms with Crippen LogP contribution < -0.4 is 9.80 Å². The van der Waals surface area contributed by atoms with Gasteiger partial charge in [0.1, 0.15) is 0 Å². The van der Waals surface area contributed by atoms with Crippen molar-refractivity contribution in [2.24, 2.45) is 0 Å². The highest BCUT2D eigenvalue weighted by molar-refractivity contribution is 6.07. The van der Waals surface area contributed by atoms with Gasteiger partial charge in [0.2, 0.25) is 5.91 Å². The number of para-hydroxylation sites is 2. The van der Waals surface area contributed by atoms with Gasteiger partial charge in [-0.2, -0.15) is 0 Å². The van der Waals surface area contributed by atoms with Gasteiger partial charge >= 0.3 is 0 Å². The van der Waals surface area contributed by atoms with Crippen LogP contribution in [0.2, 0.25) is 0 Å². The number of nitro groups is 1. The third kappa shape index (κ3) is 5.15. The molecule has 0 fully saturated rings. The van der Waals surface area contributed by atoms with Crippen LogP contribution >= 0.6 is 0 Å². The third-order valence-corrected chi connectivity index (χ3v) is 6.69. The average Bonchev–Trinajstić information content (AvgIpc) is 2.89. The normalized spacial score (nSPS) is 16.8. The minimum atomic E-state index is -0.496. The van der Waals surface area contributed by atoms with Crippen LogP contribution in [0.3, 0.4) is 0 Å². The molecule has 0 saturated carbocycles. The highest BCUT2D eigenvalue weighted by Gasteiger charge is 2.38. The molecule has 0 spiro atoms. The lowest BCUT2D eigenvalue weighted by Gasteiger charge is -2.43. The molecule has 0 radical (unpaired) electrons. The molecule has 0 aromatic heterocycles. The molecule has 3 aromatic rings. The number of hydrogen-bond donors (Lipinski definition) is 0. The lowest BCUT2D eigenvalue weighted by Crippen LogP contribution is -2.47. The zero-order valence-electron chi connectivity index (χ0n) is 20.7. The summed E-state index contributed by atoms with van der Waals surface area (Å²) in [5.41, 5.74) is 2.52. The number of nitrogens with zero attached hydrogens (tertiary/aromatic N) is 3. The van der Waals surface area contributed by atoms with E-state index in [1.165, 1.54) is 18.2 Å². The maximum atomic E-state index is 13.9. The van der Waals surface area contributed by atoms with Gasteiger partial charge in [0.25, 0.3) is 11.6 Å². The Morgan fingerprint density at radius 1 is 1.00 bits per heavy atom. The van der Waals surface area contributed by atoms with Crippen LogP contribution in [0.5, 0.6) is 0 Å². The maximum absolute atomic E-state index is 13.9. The van der Waals surface area contributed by atoms with Gasteiger partial charge in [-0.05, 0) is 49.6 Å². The van der Waals surface area contributed by atoms with Crippen molar-refractivity contribution in [3.63, 3.8) is 0 Å². The van der Waals surface area contributed by atoms with Crippen LogP contribution in [0.1, 0.15) is 67.9 Å². The first kappa shape index (κ1) is 25.1. The zero-order chi connectivity index (χ0) is 25.7. The standard InChI is InChI=1S/C29H31N3O4/c1-3-4-6-18-28(33)30-21(2)19-27(25-16-9-10-17-26(25)30)31(23-13-7-5-8-14-23)29(34)22-12-11-15-24(20-22)32(35)36/h5,7-17,20-21,27H,3-4,6,18-19H2,1-2H3/t21-,27+/m0/s1. The topological polar surface area (TPSA) is 83.8 Å². The fourth-order valence-electron chi connectivity index (χ4n) is 4.97. The van der Waals surface area contributed by atoms with Crippen LogP contribution in [-0.4, -0.2) is 22.8 Å². The average molecular weight is 486 g/mol. The molecule has 0 bridgehead atoms. The second kappa shape index (κ2) is 11.2. The van der Waals surface area contributed by atoms with Crippen molar-refractivity contribution >= 4 is 28.9 Å². The van der Waals surface area contributed by atoms with E-state index in [4.69, 9.17) is 0 Å². The van der Waals surface area contributed by atoms with Gasteiger partial charge in [0, 0.05) is 41.5 Å². The van der Waals surface area contributed by atoms with Crippen LogP contribution in [0.25, 0.3) is 0 Å². The van der Waals surface area contributed by atoms with Gasteiger partial charge in [-0.15, -0.1) is 0 Å². The Morgan fingerprint density at radius 3 is 2.44 bits per heavy atom. The Balaban J connectivity index is 1.77. The minimum absolute atomic E-state index is 0.0955. The van der Waals surface area contributed by atoms with Gasteiger partial charge in [-0.1, -0.05) is 62.2 Å². The predicted octanol–water partition coefficient (Wildman–Crippen LogP) is 6.69. The van der Waals surface area contributed by atoms with Crippen LogP contribution in [0, 0.1) is 10.1 Å². The summed E-state index contributed by atoms with van der Waals surface area (Å²) < 4.78 is 0. The maximum Gasteiger partial charge on any atom is 0.270 e. The summed E-state index contributed by atoms with van der Waals surface area (Å²) in [6.07, 6.45) is 3.95. The van der Waals surface area contributed by atoms with Crippen molar-refractivity contribution in [1.29, 1.82) is 0 Å². The molecule has 1 aliphatic rings. The molecule has 7 nitrogen and oxygen atoms in total. The fourth-order valence-corrected chi connectivity index (χ4v) is 4.97. The molecule has 0 saturated heterocycles. The Kier molecular flexibility index (Phi) is 7.78. The number of fused-ring (bicyclic) bond motifs is 1. The molecular formula is C29H31N3O4.